The van der Waals surface area contributed by atoms with Crippen LogP contribution in [0.1, 0.15) is 30.6 Å². The Hall–Kier alpha value is -1.75. The van der Waals surface area contributed by atoms with E-state index in [-0.39, 0.29) is 11.9 Å². The molecule has 0 aliphatic carbocycles. The summed E-state index contributed by atoms with van der Waals surface area (Å²) in [5.74, 6) is -0.231. The minimum Gasteiger partial charge on any atom is -0.305 e. The molecule has 2 aromatic rings. The summed E-state index contributed by atoms with van der Waals surface area (Å²) in [4.78, 5) is 0. The Labute approximate surface area is 106 Å². The van der Waals surface area contributed by atoms with Crippen molar-refractivity contribution in [3.05, 3.63) is 47.5 Å². The second-order valence-electron chi connectivity index (χ2n) is 4.22. The molecular formula is C13H17FN4. The van der Waals surface area contributed by atoms with Gasteiger partial charge in [-0.25, -0.2) is 4.39 Å². The second-order valence-corrected chi connectivity index (χ2v) is 4.22. The van der Waals surface area contributed by atoms with E-state index < -0.39 is 0 Å². The number of nitrogens with zero attached hydrogens (tertiary/aromatic N) is 3. The van der Waals surface area contributed by atoms with Crippen molar-refractivity contribution >= 4 is 0 Å². The molecule has 18 heavy (non-hydrogen) atoms. The van der Waals surface area contributed by atoms with E-state index in [1.54, 1.807) is 23.0 Å². The van der Waals surface area contributed by atoms with Gasteiger partial charge in [-0.15, -0.1) is 5.10 Å². The molecular weight excluding hydrogens is 231 g/mol. The van der Waals surface area contributed by atoms with Crippen molar-refractivity contribution in [1.29, 1.82) is 0 Å². The minimum absolute atomic E-state index is 0.0827. The van der Waals surface area contributed by atoms with E-state index in [2.05, 4.69) is 22.6 Å². The molecule has 96 valence electrons. The van der Waals surface area contributed by atoms with E-state index in [9.17, 15) is 4.39 Å². The fraction of sp³-hybridized carbons (Fsp3) is 0.385. The van der Waals surface area contributed by atoms with Crippen LogP contribution >= 0.6 is 0 Å². The van der Waals surface area contributed by atoms with E-state index in [1.807, 2.05) is 13.1 Å². The van der Waals surface area contributed by atoms with Crippen LogP contribution in [-0.4, -0.2) is 21.5 Å². The summed E-state index contributed by atoms with van der Waals surface area (Å²) >= 11 is 0. The Balaban J connectivity index is 2.33. The van der Waals surface area contributed by atoms with Crippen molar-refractivity contribution in [2.45, 2.75) is 19.4 Å². The summed E-state index contributed by atoms with van der Waals surface area (Å²) in [6, 6.07) is 6.53. The molecule has 0 saturated heterocycles. The average molecular weight is 248 g/mol. The average Bonchev–Trinajstić information content (AvgIpc) is 2.77. The van der Waals surface area contributed by atoms with Crippen molar-refractivity contribution in [2.75, 3.05) is 6.54 Å². The third-order valence-corrected chi connectivity index (χ3v) is 2.83. The molecule has 1 heterocycles. The molecule has 0 radical (unpaired) electrons. The lowest BCUT2D eigenvalue weighted by molar-refractivity contribution is 0.545. The van der Waals surface area contributed by atoms with E-state index in [0.29, 0.717) is 0 Å². The Morgan fingerprint density at radius 2 is 2.28 bits per heavy atom. The molecule has 0 spiro atoms. The molecule has 4 nitrogen and oxygen atoms in total. The molecule has 0 amide bonds. The standard InChI is InChI=1S/C13H17FN4/c1-3-7-15-13(12-9-16-17-18(12)2)10-5-4-6-11(14)8-10/h4-6,8-9,13,15H,3,7H2,1-2H3. The molecule has 0 aliphatic rings. The van der Waals surface area contributed by atoms with Gasteiger partial charge in [0, 0.05) is 7.05 Å². The van der Waals surface area contributed by atoms with Gasteiger partial charge in [0.2, 0.25) is 0 Å². The highest BCUT2D eigenvalue weighted by Gasteiger charge is 2.17. The van der Waals surface area contributed by atoms with Gasteiger partial charge in [0.25, 0.3) is 0 Å². The Kier molecular flexibility index (Phi) is 4.04. The number of hydrogen-bond donors (Lipinski definition) is 1. The number of nitrogens with one attached hydrogen (secondary N) is 1. The zero-order chi connectivity index (χ0) is 13.0. The van der Waals surface area contributed by atoms with Gasteiger partial charge >= 0.3 is 0 Å². The number of aromatic nitrogens is 3. The molecule has 1 unspecified atom stereocenters. The highest BCUT2D eigenvalue weighted by molar-refractivity contribution is 5.27. The van der Waals surface area contributed by atoms with Crippen LogP contribution in [0.4, 0.5) is 4.39 Å². The number of rotatable bonds is 5. The van der Waals surface area contributed by atoms with Crippen LogP contribution in [0.15, 0.2) is 30.5 Å². The highest BCUT2D eigenvalue weighted by atomic mass is 19.1. The lowest BCUT2D eigenvalue weighted by Gasteiger charge is -2.18. The topological polar surface area (TPSA) is 42.7 Å². The first-order valence-electron chi connectivity index (χ1n) is 6.05. The molecule has 0 bridgehead atoms. The summed E-state index contributed by atoms with van der Waals surface area (Å²) < 4.78 is 15.0. The summed E-state index contributed by atoms with van der Waals surface area (Å²) in [5, 5.41) is 11.2. The Bertz CT molecular complexity index is 509. The van der Waals surface area contributed by atoms with Gasteiger partial charge < -0.3 is 5.32 Å². The number of halogens is 1. The summed E-state index contributed by atoms with van der Waals surface area (Å²) in [7, 11) is 1.84. The van der Waals surface area contributed by atoms with Crippen LogP contribution in [0.2, 0.25) is 0 Å². The van der Waals surface area contributed by atoms with Gasteiger partial charge in [-0.05, 0) is 30.7 Å². The zero-order valence-corrected chi connectivity index (χ0v) is 10.6. The first kappa shape index (κ1) is 12.7. The van der Waals surface area contributed by atoms with Crippen LogP contribution < -0.4 is 5.32 Å². The number of aryl methyl sites for hydroxylation is 1. The maximum Gasteiger partial charge on any atom is 0.123 e. The summed E-state index contributed by atoms with van der Waals surface area (Å²) in [6.45, 7) is 2.95. The SMILES string of the molecule is CCCNC(c1cccc(F)c1)c1cnnn1C. The van der Waals surface area contributed by atoms with Gasteiger partial charge in [-0.2, -0.15) is 0 Å². The lowest BCUT2D eigenvalue weighted by Crippen LogP contribution is -2.25. The third-order valence-electron chi connectivity index (χ3n) is 2.83. The van der Waals surface area contributed by atoms with Gasteiger partial charge in [-0.3, -0.25) is 4.68 Å². The first-order chi connectivity index (χ1) is 8.72. The quantitative estimate of drug-likeness (QED) is 0.880. The largest absolute Gasteiger partial charge is 0.305 e. The van der Waals surface area contributed by atoms with Gasteiger partial charge in [0.15, 0.2) is 0 Å². The minimum atomic E-state index is -0.231. The van der Waals surface area contributed by atoms with E-state index in [4.69, 9.17) is 0 Å². The molecule has 0 aliphatic heterocycles. The van der Waals surface area contributed by atoms with Crippen LogP contribution in [0.5, 0.6) is 0 Å². The van der Waals surface area contributed by atoms with Gasteiger partial charge in [0.05, 0.1) is 17.9 Å². The fourth-order valence-corrected chi connectivity index (χ4v) is 1.93. The summed E-state index contributed by atoms with van der Waals surface area (Å²) in [5.41, 5.74) is 1.81. The molecule has 1 N–H and O–H groups in total. The zero-order valence-electron chi connectivity index (χ0n) is 10.6. The van der Waals surface area contributed by atoms with Crippen LogP contribution in [0.3, 0.4) is 0 Å². The predicted molar refractivity (Wildman–Crippen MR) is 67.5 cm³/mol. The third kappa shape index (κ3) is 2.73. The first-order valence-corrected chi connectivity index (χ1v) is 6.05. The van der Waals surface area contributed by atoms with E-state index >= 15 is 0 Å². The van der Waals surface area contributed by atoms with Gasteiger partial charge in [0.1, 0.15) is 5.82 Å². The normalized spacial score (nSPS) is 12.6. The molecule has 1 atom stereocenters. The van der Waals surface area contributed by atoms with Crippen molar-refractivity contribution in [2.24, 2.45) is 7.05 Å². The van der Waals surface area contributed by atoms with Crippen molar-refractivity contribution < 1.29 is 4.39 Å². The highest BCUT2D eigenvalue weighted by Crippen LogP contribution is 2.21. The monoisotopic (exact) mass is 248 g/mol. The molecule has 0 saturated carbocycles. The van der Waals surface area contributed by atoms with Crippen molar-refractivity contribution in [3.8, 4) is 0 Å². The molecule has 2 rings (SSSR count). The molecule has 0 fully saturated rings. The maximum absolute atomic E-state index is 13.3. The smallest absolute Gasteiger partial charge is 0.123 e. The van der Waals surface area contributed by atoms with Crippen LogP contribution in [0.25, 0.3) is 0 Å². The second kappa shape index (κ2) is 5.73. The van der Waals surface area contributed by atoms with Crippen molar-refractivity contribution in [3.63, 3.8) is 0 Å². The van der Waals surface area contributed by atoms with Crippen LogP contribution in [-0.2, 0) is 7.05 Å². The Morgan fingerprint density at radius 3 is 2.89 bits per heavy atom. The van der Waals surface area contributed by atoms with Crippen LogP contribution in [0, 0.1) is 5.82 Å². The molecule has 1 aromatic carbocycles. The van der Waals surface area contributed by atoms with E-state index in [0.717, 1.165) is 24.2 Å². The molecule has 1 aromatic heterocycles. The predicted octanol–water partition coefficient (Wildman–Crippen LogP) is 2.04. The Morgan fingerprint density at radius 1 is 1.44 bits per heavy atom. The van der Waals surface area contributed by atoms with Crippen molar-refractivity contribution in [1.82, 2.24) is 20.3 Å². The lowest BCUT2D eigenvalue weighted by atomic mass is 10.0. The number of benzene rings is 1. The fourth-order valence-electron chi connectivity index (χ4n) is 1.93. The van der Waals surface area contributed by atoms with Gasteiger partial charge in [-0.1, -0.05) is 24.3 Å². The number of hydrogen-bond acceptors (Lipinski definition) is 3. The van der Waals surface area contributed by atoms with E-state index in [1.165, 1.54) is 6.07 Å². The summed E-state index contributed by atoms with van der Waals surface area (Å²) in [6.07, 6.45) is 2.72. The maximum atomic E-state index is 13.3. The molecule has 5 heteroatoms.